The minimum Gasteiger partial charge on any atom is -0.382 e. The molecule has 1 amide bonds. The van der Waals surface area contributed by atoms with Crippen molar-refractivity contribution < 1.29 is 18.0 Å². The Labute approximate surface area is 239 Å². The maximum atomic E-state index is 13.8. The van der Waals surface area contributed by atoms with Gasteiger partial charge in [0.1, 0.15) is 5.69 Å². The van der Waals surface area contributed by atoms with Crippen molar-refractivity contribution >= 4 is 45.1 Å². The van der Waals surface area contributed by atoms with Crippen LogP contribution in [0.2, 0.25) is 5.02 Å². The molecule has 2 heterocycles. The van der Waals surface area contributed by atoms with E-state index in [1.807, 2.05) is 43.3 Å². The van der Waals surface area contributed by atoms with Crippen LogP contribution in [-0.2, 0) is 11.7 Å². The van der Waals surface area contributed by atoms with E-state index >= 15 is 0 Å². The number of aromatic nitrogens is 3. The molecule has 0 spiro atoms. The fourth-order valence-corrected chi connectivity index (χ4v) is 6.08. The number of fused-ring (bicyclic) bond motifs is 2. The molecule has 0 saturated heterocycles. The number of hydrogen-bond acceptors (Lipinski definition) is 4. The van der Waals surface area contributed by atoms with Crippen molar-refractivity contribution in [3.63, 3.8) is 0 Å². The van der Waals surface area contributed by atoms with Crippen LogP contribution in [0.1, 0.15) is 52.9 Å². The third-order valence-electron chi connectivity index (χ3n) is 7.86. The fraction of sp³-hybridized carbons (Fsp3) is 0.258. The zero-order valence-corrected chi connectivity index (χ0v) is 22.9. The molecule has 0 radical (unpaired) electrons. The van der Waals surface area contributed by atoms with Gasteiger partial charge in [-0.2, -0.15) is 13.2 Å². The summed E-state index contributed by atoms with van der Waals surface area (Å²) < 4.78 is 41.2. The Hall–Kier alpha value is -4.11. The van der Waals surface area contributed by atoms with Crippen LogP contribution in [-0.4, -0.2) is 26.9 Å². The van der Waals surface area contributed by atoms with E-state index in [9.17, 15) is 18.0 Å². The Balaban J connectivity index is 1.36. The van der Waals surface area contributed by atoms with Crippen molar-refractivity contribution in [2.24, 2.45) is 0 Å². The molecule has 1 fully saturated rings. The highest BCUT2D eigenvalue weighted by molar-refractivity contribution is 6.31. The normalized spacial score (nSPS) is 19.4. The number of nitrogens with zero attached hydrogens (tertiary/aromatic N) is 2. The topological polar surface area (TPSA) is 82.7 Å². The molecule has 1 aliphatic rings. The number of aryl methyl sites for hydroxylation is 1. The molecule has 1 saturated carbocycles. The minimum atomic E-state index is -4.61. The summed E-state index contributed by atoms with van der Waals surface area (Å²) in [5.41, 5.74) is 2.62. The molecule has 3 N–H and O–H groups in total. The van der Waals surface area contributed by atoms with E-state index in [2.05, 4.69) is 25.6 Å². The highest BCUT2D eigenvalue weighted by atomic mass is 35.5. The molecule has 5 aromatic rings. The van der Waals surface area contributed by atoms with Gasteiger partial charge in [0.2, 0.25) is 0 Å². The number of halogens is 4. The first-order valence-electron chi connectivity index (χ1n) is 13.4. The summed E-state index contributed by atoms with van der Waals surface area (Å²) in [5.74, 6) is -0.225. The van der Waals surface area contributed by atoms with Gasteiger partial charge in [-0.15, -0.1) is 0 Å². The average Bonchev–Trinajstić information content (AvgIpc) is 3.40. The molecule has 6 nitrogen and oxygen atoms in total. The van der Waals surface area contributed by atoms with Crippen LogP contribution in [0.4, 0.5) is 18.9 Å². The number of benzene rings is 3. The van der Waals surface area contributed by atoms with Crippen LogP contribution in [0.25, 0.3) is 21.9 Å². The van der Waals surface area contributed by atoms with Crippen LogP contribution < -0.4 is 10.6 Å². The van der Waals surface area contributed by atoms with Crippen LogP contribution in [0.3, 0.4) is 0 Å². The van der Waals surface area contributed by atoms with Gasteiger partial charge in [-0.05, 0) is 80.1 Å². The lowest BCUT2D eigenvalue weighted by Gasteiger charge is -2.43. The van der Waals surface area contributed by atoms with Gasteiger partial charge in [0, 0.05) is 27.7 Å². The summed E-state index contributed by atoms with van der Waals surface area (Å²) >= 11 is 6.21. The summed E-state index contributed by atoms with van der Waals surface area (Å²) in [6.45, 7) is 1.88. The second-order valence-electron chi connectivity index (χ2n) is 10.6. The number of carbonyl (C=O) groups excluding carboxylic acids is 1. The number of anilines is 1. The lowest BCUT2D eigenvalue weighted by molar-refractivity contribution is -0.140. The monoisotopic (exact) mass is 577 g/mol. The van der Waals surface area contributed by atoms with Gasteiger partial charge in [0.15, 0.2) is 0 Å². The first-order chi connectivity index (χ1) is 19.6. The van der Waals surface area contributed by atoms with E-state index in [4.69, 9.17) is 11.6 Å². The summed E-state index contributed by atoms with van der Waals surface area (Å²) in [7, 11) is 0. The molecule has 0 bridgehead atoms. The predicted molar refractivity (Wildman–Crippen MR) is 154 cm³/mol. The van der Waals surface area contributed by atoms with Crippen molar-refractivity contribution in [2.75, 3.05) is 5.32 Å². The summed E-state index contributed by atoms with van der Waals surface area (Å²) in [5, 5.41) is 7.61. The lowest BCUT2D eigenvalue weighted by Crippen LogP contribution is -2.51. The van der Waals surface area contributed by atoms with E-state index in [1.54, 1.807) is 18.5 Å². The number of alkyl halides is 3. The maximum absolute atomic E-state index is 13.8. The molecular formula is C31H27ClF3N5O. The molecule has 10 heteroatoms. The number of aromatic amines is 1. The molecule has 41 heavy (non-hydrogen) atoms. The molecule has 1 unspecified atom stereocenters. The number of pyridine rings is 1. The Morgan fingerprint density at radius 1 is 1.07 bits per heavy atom. The molecule has 0 aliphatic heterocycles. The van der Waals surface area contributed by atoms with Gasteiger partial charge in [-0.3, -0.25) is 4.79 Å². The smallest absolute Gasteiger partial charge is 0.382 e. The van der Waals surface area contributed by atoms with Crippen molar-refractivity contribution in [1.82, 2.24) is 20.3 Å². The number of amides is 1. The van der Waals surface area contributed by atoms with E-state index in [0.717, 1.165) is 29.1 Å². The van der Waals surface area contributed by atoms with E-state index in [0.29, 0.717) is 46.4 Å². The van der Waals surface area contributed by atoms with E-state index in [1.165, 1.54) is 12.1 Å². The highest BCUT2D eigenvalue weighted by Gasteiger charge is 2.40. The van der Waals surface area contributed by atoms with Crippen molar-refractivity contribution in [1.29, 1.82) is 0 Å². The number of carbonyl (C=O) groups is 1. The van der Waals surface area contributed by atoms with Crippen molar-refractivity contribution in [3.8, 4) is 0 Å². The predicted octanol–water partition coefficient (Wildman–Crippen LogP) is 7.77. The van der Waals surface area contributed by atoms with Gasteiger partial charge in [0.25, 0.3) is 5.91 Å². The third-order valence-corrected chi connectivity index (χ3v) is 8.10. The number of imidazole rings is 1. The fourth-order valence-electron chi connectivity index (χ4n) is 5.91. The van der Waals surface area contributed by atoms with E-state index < -0.39 is 17.4 Å². The van der Waals surface area contributed by atoms with Crippen LogP contribution in [0, 0.1) is 6.92 Å². The van der Waals surface area contributed by atoms with Crippen LogP contribution in [0.15, 0.2) is 73.1 Å². The van der Waals surface area contributed by atoms with Crippen molar-refractivity contribution in [3.05, 3.63) is 100 Å². The van der Waals surface area contributed by atoms with Crippen molar-refractivity contribution in [2.45, 2.75) is 50.4 Å². The van der Waals surface area contributed by atoms with Gasteiger partial charge in [-0.25, -0.2) is 9.97 Å². The Morgan fingerprint density at radius 2 is 1.88 bits per heavy atom. The lowest BCUT2D eigenvalue weighted by atomic mass is 9.74. The zero-order chi connectivity index (χ0) is 28.8. The SMILES string of the molecule is Cc1cc2[nH]cnc2cc1C(=O)NC1(c2ccccc2)CCC[C@H](Nc2cc(C(F)(F)F)nc3ccc(Cl)cc23)C1. The molecule has 2 aromatic heterocycles. The average molecular weight is 578 g/mol. The second-order valence-corrected chi connectivity index (χ2v) is 11.1. The standard InChI is InChI=1S/C31H27ClF3N5O/c1-18-12-26-27(37-17-36-26)14-22(18)29(41)40-30(19-6-3-2-4-7-19)11-5-8-21(16-30)38-25-15-28(31(33,34)35)39-24-10-9-20(32)13-23(24)25/h2-4,6-7,9-10,12-15,17,21H,5,8,11,16H2,1H3,(H,36,37)(H,38,39)(H,40,41)/t21-,30?/m0/s1. The van der Waals surface area contributed by atoms with Gasteiger partial charge in [-0.1, -0.05) is 41.9 Å². The van der Waals surface area contributed by atoms with Crippen LogP contribution in [0.5, 0.6) is 0 Å². The summed E-state index contributed by atoms with van der Waals surface area (Å²) in [4.78, 5) is 25.0. The molecule has 6 rings (SSSR count). The number of H-pyrrole nitrogens is 1. The van der Waals surface area contributed by atoms with Gasteiger partial charge in [0.05, 0.1) is 28.4 Å². The maximum Gasteiger partial charge on any atom is 0.433 e. The molecule has 1 aliphatic carbocycles. The third kappa shape index (κ3) is 5.34. The zero-order valence-electron chi connectivity index (χ0n) is 22.1. The molecule has 3 aromatic carbocycles. The Morgan fingerprint density at radius 3 is 2.66 bits per heavy atom. The molecule has 2 atom stereocenters. The first-order valence-corrected chi connectivity index (χ1v) is 13.7. The molecular weight excluding hydrogens is 551 g/mol. The van der Waals surface area contributed by atoms with Crippen LogP contribution >= 0.6 is 11.6 Å². The first kappa shape index (κ1) is 27.1. The van der Waals surface area contributed by atoms with Gasteiger partial charge < -0.3 is 15.6 Å². The van der Waals surface area contributed by atoms with E-state index in [-0.39, 0.29) is 17.5 Å². The second kappa shape index (κ2) is 10.4. The Kier molecular flexibility index (Phi) is 6.85. The quantitative estimate of drug-likeness (QED) is 0.199. The number of nitrogens with one attached hydrogen (secondary N) is 3. The molecule has 210 valence electrons. The van der Waals surface area contributed by atoms with Gasteiger partial charge >= 0.3 is 6.18 Å². The Bertz CT molecular complexity index is 1750. The number of rotatable bonds is 5. The summed E-state index contributed by atoms with van der Waals surface area (Å²) in [6.07, 6.45) is -0.394. The summed E-state index contributed by atoms with van der Waals surface area (Å²) in [6, 6.07) is 18.9. The largest absolute Gasteiger partial charge is 0.433 e. The highest BCUT2D eigenvalue weighted by Crippen LogP contribution is 2.41. The minimum absolute atomic E-state index is 0.203. The number of hydrogen-bond donors (Lipinski definition) is 3.